The molecule has 0 spiro atoms. The zero-order valence-corrected chi connectivity index (χ0v) is 25.5. The number of rotatable bonds is 4. The third kappa shape index (κ3) is 6.91. The number of carbonyl (C=O) groups excluding carboxylic acids is 1. The van der Waals surface area contributed by atoms with Gasteiger partial charge in [0, 0.05) is 123 Å². The largest absolute Gasteiger partial charge is 0.381 e. The molecule has 1 aliphatic heterocycles. The Morgan fingerprint density at radius 3 is 2.17 bits per heavy atom. The molecule has 156 valence electrons. The van der Waals surface area contributed by atoms with Crippen LogP contribution in [-0.4, -0.2) is 32.1 Å². The van der Waals surface area contributed by atoms with Crippen molar-refractivity contribution in [3.05, 3.63) is 41.5 Å². The Hall–Kier alpha value is 1.30. The summed E-state index contributed by atoms with van der Waals surface area (Å²) in [5, 5.41) is 0. The van der Waals surface area contributed by atoms with Gasteiger partial charge in [-0.1, -0.05) is 62.7 Å². The van der Waals surface area contributed by atoms with Crippen LogP contribution in [0.2, 0.25) is 13.1 Å². The molecule has 1 amide bonds. The van der Waals surface area contributed by atoms with E-state index in [1.165, 1.54) is 62.0 Å². The number of likely N-dealkylation sites (tertiary alicyclic amines) is 1. The number of carbonyl (C=O) groups is 1. The van der Waals surface area contributed by atoms with E-state index in [2.05, 4.69) is 53.3 Å². The van der Waals surface area contributed by atoms with E-state index in [1.807, 2.05) is 0 Å². The van der Waals surface area contributed by atoms with Crippen molar-refractivity contribution < 1.29 is 91.7 Å². The monoisotopic (exact) mass is 560 g/mol. The van der Waals surface area contributed by atoms with E-state index in [9.17, 15) is 4.79 Å². The van der Waals surface area contributed by atoms with Crippen LogP contribution in [0, 0.1) is 5.92 Å². The molecule has 0 radical (unpaired) electrons. The van der Waals surface area contributed by atoms with Crippen molar-refractivity contribution in [1.29, 1.82) is 0 Å². The molecule has 1 saturated carbocycles. The maximum Gasteiger partial charge on any atom is 0.215 e. The molecular formula is C22H32N2OSiTi4. The van der Waals surface area contributed by atoms with E-state index in [-0.39, 0.29) is 92.8 Å². The van der Waals surface area contributed by atoms with E-state index >= 15 is 0 Å². The van der Waals surface area contributed by atoms with Gasteiger partial charge >= 0.3 is 0 Å². The Bertz CT molecular complexity index is 717. The quantitative estimate of drug-likeness (QED) is 0.545. The fraction of sp³-hybridized carbons (Fsp3) is 0.591. The molecule has 3 aliphatic rings. The second-order valence-corrected chi connectivity index (χ2v) is 13.2. The number of nitrogens with one attached hydrogen (secondary N) is 1. The molecule has 1 unspecified atom stereocenters. The van der Waals surface area contributed by atoms with Gasteiger partial charge in [-0.05, 0) is 31.2 Å². The second-order valence-electron chi connectivity index (χ2n) is 8.86. The molecule has 1 aromatic rings. The number of benzene rings is 1. The summed E-state index contributed by atoms with van der Waals surface area (Å²) in [6.45, 7) is 7.00. The minimum atomic E-state index is -1.96. The maximum absolute atomic E-state index is 12.9. The van der Waals surface area contributed by atoms with Crippen molar-refractivity contribution in [1.82, 2.24) is 9.88 Å². The van der Waals surface area contributed by atoms with Crippen molar-refractivity contribution in [3.63, 3.8) is 0 Å². The number of allylic oxidation sites excluding steroid dienone is 1. The molecular weight excluding hydrogens is 528 g/mol. The van der Waals surface area contributed by atoms with Crippen LogP contribution < -0.4 is 4.98 Å². The van der Waals surface area contributed by atoms with Gasteiger partial charge in [-0.2, -0.15) is 0 Å². The summed E-state index contributed by atoms with van der Waals surface area (Å²) >= 11 is 0. The number of hydrogen-bond donors (Lipinski definition) is 1. The molecule has 8 heteroatoms. The van der Waals surface area contributed by atoms with Crippen LogP contribution in [-0.2, 0) is 91.7 Å². The Morgan fingerprint density at radius 1 is 0.933 bits per heavy atom. The summed E-state index contributed by atoms with van der Waals surface area (Å²) in [4.78, 5) is 19.0. The van der Waals surface area contributed by atoms with Gasteiger partial charge < -0.3 is 9.88 Å². The summed E-state index contributed by atoms with van der Waals surface area (Å²) in [6.07, 6.45) is 10.9. The Balaban J connectivity index is 0.00000210. The molecule has 3 nitrogen and oxygen atoms in total. The van der Waals surface area contributed by atoms with Gasteiger partial charge in [0.2, 0.25) is 5.91 Å². The van der Waals surface area contributed by atoms with Gasteiger partial charge in [0.25, 0.3) is 0 Å². The molecule has 0 bridgehead atoms. The van der Waals surface area contributed by atoms with Crippen molar-refractivity contribution in [2.45, 2.75) is 63.6 Å². The van der Waals surface area contributed by atoms with Gasteiger partial charge in [-0.15, -0.1) is 0 Å². The molecule has 1 heterocycles. The van der Waals surface area contributed by atoms with E-state index in [0.29, 0.717) is 11.4 Å². The molecule has 4 rings (SSSR count). The molecule has 1 N–H and O–H groups in total. The molecule has 0 aromatic heterocycles. The fourth-order valence-corrected chi connectivity index (χ4v) is 7.63. The summed E-state index contributed by atoms with van der Waals surface area (Å²) < 4.78 is 0. The molecule has 2 aliphatic carbocycles. The summed E-state index contributed by atoms with van der Waals surface area (Å²) in [7, 11) is -1.96. The third-order valence-corrected chi connectivity index (χ3v) is 9.47. The van der Waals surface area contributed by atoms with Crippen LogP contribution in [0.25, 0.3) is 5.70 Å². The van der Waals surface area contributed by atoms with Crippen molar-refractivity contribution in [2.75, 3.05) is 13.1 Å². The van der Waals surface area contributed by atoms with Crippen LogP contribution in [0.5, 0.6) is 0 Å². The smallest absolute Gasteiger partial charge is 0.215 e. The van der Waals surface area contributed by atoms with Gasteiger partial charge in [-0.25, -0.2) is 0 Å². The first-order valence-corrected chi connectivity index (χ1v) is 13.5. The zero-order chi connectivity index (χ0) is 18.1. The van der Waals surface area contributed by atoms with E-state index in [1.54, 1.807) is 0 Å². The number of fused-ring (bicyclic) bond motifs is 1. The minimum absolute atomic E-state index is 0. The van der Waals surface area contributed by atoms with Crippen molar-refractivity contribution in [2.24, 2.45) is 5.92 Å². The SMILES string of the molecule is C[Si](C)(NC(=O)C1CCCCC1)C1C=C(N2CCCC2)c2ccccc21.[Ti].[Ti].[Ti].[Ti]. The molecule has 30 heavy (non-hydrogen) atoms. The standard InChI is InChI=1S/C22H32N2OSi.4Ti/c1-26(2,23-22(25)17-10-4-3-5-11-17)21-16-20(24-14-8-9-15-24)18-12-6-7-13-19(18)21;;;;/h6-7,12-13,16-17,21H,3-5,8-11,14-15H2,1-2H3,(H,23,25);;;;. The van der Waals surface area contributed by atoms with E-state index in [0.717, 1.165) is 12.8 Å². The minimum Gasteiger partial charge on any atom is -0.381 e. The normalized spacial score (nSPS) is 20.5. The summed E-state index contributed by atoms with van der Waals surface area (Å²) in [5.74, 6) is 0.566. The number of nitrogens with zero attached hydrogens (tertiary/aromatic N) is 1. The zero-order valence-electron chi connectivity index (χ0n) is 18.3. The summed E-state index contributed by atoms with van der Waals surface area (Å²) in [5.41, 5.74) is 4.61. The molecule has 1 aromatic carbocycles. The predicted molar refractivity (Wildman–Crippen MR) is 110 cm³/mol. The average Bonchev–Trinajstić information content (AvgIpc) is 3.30. The van der Waals surface area contributed by atoms with Gasteiger partial charge in [0.1, 0.15) is 0 Å². The Labute approximate surface area is 243 Å². The molecule has 1 saturated heterocycles. The third-order valence-electron chi connectivity index (χ3n) is 6.54. The molecule has 1 atom stereocenters. The number of hydrogen-bond acceptors (Lipinski definition) is 2. The number of amides is 1. The summed E-state index contributed by atoms with van der Waals surface area (Å²) in [6, 6.07) is 8.86. The average molecular weight is 560 g/mol. The fourth-order valence-electron chi connectivity index (χ4n) is 5.03. The van der Waals surface area contributed by atoms with Crippen LogP contribution in [0.4, 0.5) is 0 Å². The van der Waals surface area contributed by atoms with Crippen LogP contribution in [0.1, 0.15) is 61.6 Å². The first-order valence-electron chi connectivity index (χ1n) is 10.4. The van der Waals surface area contributed by atoms with Crippen molar-refractivity contribution >= 4 is 19.8 Å². The first-order chi connectivity index (χ1) is 12.6. The first kappa shape index (κ1) is 31.3. The van der Waals surface area contributed by atoms with Crippen LogP contribution in [0.3, 0.4) is 0 Å². The van der Waals surface area contributed by atoms with E-state index < -0.39 is 8.24 Å². The molecule has 2 fully saturated rings. The maximum atomic E-state index is 12.9. The van der Waals surface area contributed by atoms with Gasteiger partial charge in [0.05, 0.1) is 0 Å². The van der Waals surface area contributed by atoms with E-state index in [4.69, 9.17) is 0 Å². The van der Waals surface area contributed by atoms with Crippen LogP contribution in [0.15, 0.2) is 30.3 Å². The second kappa shape index (κ2) is 13.9. The van der Waals surface area contributed by atoms with Crippen molar-refractivity contribution in [3.8, 4) is 0 Å². The van der Waals surface area contributed by atoms with Crippen LogP contribution >= 0.6 is 0 Å². The predicted octanol–water partition coefficient (Wildman–Crippen LogP) is 4.65. The Kier molecular flexibility index (Phi) is 14.5. The Morgan fingerprint density at radius 2 is 1.53 bits per heavy atom. The topological polar surface area (TPSA) is 32.3 Å². The van der Waals surface area contributed by atoms with Gasteiger partial charge in [-0.3, -0.25) is 4.79 Å². The van der Waals surface area contributed by atoms with Gasteiger partial charge in [0.15, 0.2) is 8.24 Å².